The Labute approximate surface area is 165 Å². The van der Waals surface area contributed by atoms with Crippen LogP contribution in [0.4, 0.5) is 11.4 Å². The Hall–Kier alpha value is -2.25. The first-order valence-electron chi connectivity index (χ1n) is 8.36. The summed E-state index contributed by atoms with van der Waals surface area (Å²) in [7, 11) is 0.561. The first-order valence-corrected chi connectivity index (χ1v) is 10.6. The van der Waals surface area contributed by atoms with Gasteiger partial charge in [0.25, 0.3) is 0 Å². The van der Waals surface area contributed by atoms with E-state index < -0.39 is 9.84 Å². The molecule has 0 saturated carbocycles. The van der Waals surface area contributed by atoms with Gasteiger partial charge in [-0.25, -0.2) is 8.42 Å². The van der Waals surface area contributed by atoms with Crippen LogP contribution in [0.5, 0.6) is 5.75 Å². The number of hydrogen-bond acceptors (Lipinski definition) is 5. The van der Waals surface area contributed by atoms with Gasteiger partial charge >= 0.3 is 0 Å². The van der Waals surface area contributed by atoms with Gasteiger partial charge in [0, 0.05) is 31.8 Å². The minimum atomic E-state index is -3.22. The Morgan fingerprint density at radius 2 is 1.81 bits per heavy atom. The van der Waals surface area contributed by atoms with Crippen molar-refractivity contribution in [1.82, 2.24) is 0 Å². The van der Waals surface area contributed by atoms with Gasteiger partial charge in [0.15, 0.2) is 9.84 Å². The summed E-state index contributed by atoms with van der Waals surface area (Å²) in [5, 5.41) is 3.42. The van der Waals surface area contributed by atoms with Gasteiger partial charge in [-0.1, -0.05) is 11.6 Å². The molecule has 0 heterocycles. The summed E-state index contributed by atoms with van der Waals surface area (Å²) in [5.74, 6) is 0.434. The lowest BCUT2D eigenvalue weighted by molar-refractivity contribution is -0.116. The first-order chi connectivity index (χ1) is 12.7. The number of nitrogens with one attached hydrogen (secondary N) is 1. The maximum absolute atomic E-state index is 12.2. The van der Waals surface area contributed by atoms with Crippen LogP contribution < -0.4 is 15.0 Å². The summed E-state index contributed by atoms with van der Waals surface area (Å²) in [6.07, 6.45) is 1.97. The Morgan fingerprint density at radius 1 is 1.15 bits per heavy atom. The molecule has 2 aromatic carbocycles. The number of anilines is 2. The third-order valence-corrected chi connectivity index (χ3v) is 5.15. The first kappa shape index (κ1) is 21.1. The predicted molar refractivity (Wildman–Crippen MR) is 109 cm³/mol. The Kier molecular flexibility index (Phi) is 7.10. The van der Waals surface area contributed by atoms with Crippen molar-refractivity contribution < 1.29 is 17.9 Å². The fourth-order valence-electron chi connectivity index (χ4n) is 2.42. The van der Waals surface area contributed by atoms with Crippen LogP contribution in [-0.2, 0) is 14.6 Å². The van der Waals surface area contributed by atoms with Crippen LogP contribution in [0.15, 0.2) is 47.4 Å². The molecule has 1 amide bonds. The maximum Gasteiger partial charge on any atom is 0.224 e. The van der Waals surface area contributed by atoms with Crippen molar-refractivity contribution in [3.8, 4) is 5.75 Å². The Morgan fingerprint density at radius 3 is 2.41 bits per heavy atom. The molecular weight excluding hydrogens is 388 g/mol. The summed E-state index contributed by atoms with van der Waals surface area (Å²) in [4.78, 5) is 14.3. The molecule has 0 radical (unpaired) electrons. The number of benzene rings is 2. The molecule has 27 heavy (non-hydrogen) atoms. The lowest BCUT2D eigenvalue weighted by atomic mass is 10.2. The highest BCUT2D eigenvalue weighted by molar-refractivity contribution is 7.90. The van der Waals surface area contributed by atoms with Gasteiger partial charge in [-0.2, -0.15) is 0 Å². The molecule has 0 aliphatic carbocycles. The van der Waals surface area contributed by atoms with Crippen molar-refractivity contribution in [3.05, 3.63) is 47.5 Å². The predicted octanol–water partition coefficient (Wildman–Crippen LogP) is 3.61. The molecule has 0 aliphatic heterocycles. The SMILES string of the molecule is CN(C)c1ccc(Cl)cc1NC(=O)CCCOc1ccc(S(C)(=O)=O)cc1. The molecular formula is C19H23ClN2O4S. The number of carbonyl (C=O) groups is 1. The van der Waals surface area contributed by atoms with Gasteiger partial charge in [0.05, 0.1) is 22.9 Å². The summed E-state index contributed by atoms with van der Waals surface area (Å²) >= 11 is 6.01. The van der Waals surface area contributed by atoms with Gasteiger partial charge < -0.3 is 15.0 Å². The molecule has 2 rings (SSSR count). The molecule has 0 saturated heterocycles. The van der Waals surface area contributed by atoms with E-state index in [1.165, 1.54) is 12.1 Å². The largest absolute Gasteiger partial charge is 0.494 e. The molecule has 2 aromatic rings. The van der Waals surface area contributed by atoms with Gasteiger partial charge in [0.1, 0.15) is 5.75 Å². The second kappa shape index (κ2) is 9.10. The van der Waals surface area contributed by atoms with Crippen LogP contribution in [-0.4, -0.2) is 41.3 Å². The average molecular weight is 411 g/mol. The molecule has 0 unspecified atom stereocenters. The summed E-state index contributed by atoms with van der Waals surface area (Å²) in [6.45, 7) is 0.349. The van der Waals surface area contributed by atoms with E-state index in [4.69, 9.17) is 16.3 Å². The quantitative estimate of drug-likeness (QED) is 0.673. The highest BCUT2D eigenvalue weighted by atomic mass is 35.5. The van der Waals surface area contributed by atoms with Gasteiger partial charge in [-0.15, -0.1) is 0 Å². The number of amides is 1. The molecule has 0 aromatic heterocycles. The number of hydrogen-bond donors (Lipinski definition) is 1. The van der Waals surface area contributed by atoms with Crippen molar-refractivity contribution in [3.63, 3.8) is 0 Å². The number of nitrogens with zero attached hydrogens (tertiary/aromatic N) is 1. The molecule has 0 bridgehead atoms. The van der Waals surface area contributed by atoms with Crippen molar-refractivity contribution in [1.29, 1.82) is 0 Å². The van der Waals surface area contributed by atoms with Crippen molar-refractivity contribution in [2.75, 3.05) is 37.2 Å². The Bertz CT molecular complexity index is 896. The van der Waals surface area contributed by atoms with Gasteiger partial charge in [-0.05, 0) is 48.9 Å². The van der Waals surface area contributed by atoms with E-state index >= 15 is 0 Å². The number of rotatable bonds is 8. The van der Waals surface area contributed by atoms with Crippen LogP contribution in [0.3, 0.4) is 0 Å². The second-order valence-corrected chi connectivity index (χ2v) is 8.75. The standard InChI is InChI=1S/C19H23ClN2O4S/c1-22(2)18-11-6-14(20)13-17(18)21-19(23)5-4-12-26-15-7-9-16(10-8-15)27(3,24)25/h6-11,13H,4-5,12H2,1-3H3,(H,21,23). The number of carbonyl (C=O) groups excluding carboxylic acids is 1. The number of halogens is 1. The van der Waals surface area contributed by atoms with Crippen molar-refractivity contribution >= 4 is 38.7 Å². The Balaban J connectivity index is 1.82. The lowest BCUT2D eigenvalue weighted by Crippen LogP contribution is -2.17. The molecule has 0 spiro atoms. The zero-order valence-electron chi connectivity index (χ0n) is 15.5. The monoisotopic (exact) mass is 410 g/mol. The highest BCUT2D eigenvalue weighted by Gasteiger charge is 2.10. The van der Waals surface area contributed by atoms with E-state index in [0.29, 0.717) is 35.9 Å². The highest BCUT2D eigenvalue weighted by Crippen LogP contribution is 2.28. The van der Waals surface area contributed by atoms with Crippen LogP contribution in [0.2, 0.25) is 5.02 Å². The topological polar surface area (TPSA) is 75.7 Å². The molecule has 0 fully saturated rings. The molecule has 1 N–H and O–H groups in total. The zero-order valence-corrected chi connectivity index (χ0v) is 17.1. The molecule has 8 heteroatoms. The van der Waals surface area contributed by atoms with Crippen molar-refractivity contribution in [2.24, 2.45) is 0 Å². The fraction of sp³-hybridized carbons (Fsp3) is 0.316. The summed E-state index contributed by atoms with van der Waals surface area (Å²) in [5.41, 5.74) is 1.53. The van der Waals surface area contributed by atoms with Crippen LogP contribution >= 0.6 is 11.6 Å². The molecule has 0 aliphatic rings. The number of ether oxygens (including phenoxy) is 1. The summed E-state index contributed by atoms with van der Waals surface area (Å²) < 4.78 is 28.4. The lowest BCUT2D eigenvalue weighted by Gasteiger charge is -2.18. The minimum Gasteiger partial charge on any atom is -0.494 e. The van der Waals surface area contributed by atoms with Crippen LogP contribution in [0.25, 0.3) is 0 Å². The van der Waals surface area contributed by atoms with E-state index in [0.717, 1.165) is 11.9 Å². The van der Waals surface area contributed by atoms with Crippen LogP contribution in [0, 0.1) is 0 Å². The number of sulfone groups is 1. The zero-order chi connectivity index (χ0) is 20.0. The van der Waals surface area contributed by atoms with E-state index in [2.05, 4.69) is 5.32 Å². The van der Waals surface area contributed by atoms with E-state index in [-0.39, 0.29) is 10.8 Å². The van der Waals surface area contributed by atoms with E-state index in [1.807, 2.05) is 25.1 Å². The fourth-order valence-corrected chi connectivity index (χ4v) is 3.22. The van der Waals surface area contributed by atoms with Crippen LogP contribution in [0.1, 0.15) is 12.8 Å². The third-order valence-electron chi connectivity index (χ3n) is 3.78. The normalized spacial score (nSPS) is 11.1. The summed E-state index contributed by atoms with van der Waals surface area (Å²) in [6, 6.07) is 11.5. The maximum atomic E-state index is 12.2. The van der Waals surface area contributed by atoms with E-state index in [1.54, 1.807) is 24.3 Å². The molecule has 146 valence electrons. The van der Waals surface area contributed by atoms with E-state index in [9.17, 15) is 13.2 Å². The molecule has 6 nitrogen and oxygen atoms in total. The molecule has 0 atom stereocenters. The van der Waals surface area contributed by atoms with Gasteiger partial charge in [-0.3, -0.25) is 4.79 Å². The third kappa shape index (κ3) is 6.45. The average Bonchev–Trinajstić information content (AvgIpc) is 2.58. The van der Waals surface area contributed by atoms with Crippen molar-refractivity contribution in [2.45, 2.75) is 17.7 Å². The minimum absolute atomic E-state index is 0.128. The second-order valence-electron chi connectivity index (χ2n) is 6.30. The smallest absolute Gasteiger partial charge is 0.224 e. The van der Waals surface area contributed by atoms with Gasteiger partial charge in [0.2, 0.25) is 5.91 Å².